The molecule has 0 aliphatic heterocycles. The summed E-state index contributed by atoms with van der Waals surface area (Å²) in [5.41, 5.74) is -1.66. The van der Waals surface area contributed by atoms with Gasteiger partial charge in [-0.3, -0.25) is 9.36 Å². The van der Waals surface area contributed by atoms with Gasteiger partial charge in [0.15, 0.2) is 5.60 Å². The Morgan fingerprint density at radius 2 is 1.80 bits per heavy atom. The van der Waals surface area contributed by atoms with Crippen molar-refractivity contribution in [1.82, 2.24) is 9.55 Å². The molecule has 0 spiro atoms. The summed E-state index contributed by atoms with van der Waals surface area (Å²) in [6.45, 7) is 6.62. The van der Waals surface area contributed by atoms with E-state index < -0.39 is 41.2 Å². The van der Waals surface area contributed by atoms with Crippen molar-refractivity contribution in [3.8, 4) is 11.4 Å². The molecule has 40 heavy (non-hydrogen) atoms. The number of nitrogens with one attached hydrogen (secondary N) is 1. The fourth-order valence-electron chi connectivity index (χ4n) is 5.81. The van der Waals surface area contributed by atoms with Gasteiger partial charge in [0, 0.05) is 28.6 Å². The zero-order valence-electron chi connectivity index (χ0n) is 22.3. The van der Waals surface area contributed by atoms with Crippen LogP contribution in [-0.4, -0.2) is 31.5 Å². The van der Waals surface area contributed by atoms with Crippen molar-refractivity contribution >= 4 is 16.6 Å². The van der Waals surface area contributed by atoms with Crippen molar-refractivity contribution in [3.05, 3.63) is 93.8 Å². The summed E-state index contributed by atoms with van der Waals surface area (Å²) in [5.74, 6) is -3.06. The summed E-state index contributed by atoms with van der Waals surface area (Å²) >= 11 is 0. The highest BCUT2D eigenvalue weighted by atomic mass is 19.4. The summed E-state index contributed by atoms with van der Waals surface area (Å²) in [4.78, 5) is 16.5. The van der Waals surface area contributed by atoms with Crippen LogP contribution in [0.2, 0.25) is 0 Å². The number of anilines is 1. The first kappa shape index (κ1) is 27.6. The number of aromatic nitrogens is 2. The van der Waals surface area contributed by atoms with E-state index in [0.717, 1.165) is 6.07 Å². The maximum absolute atomic E-state index is 14.8. The van der Waals surface area contributed by atoms with Crippen molar-refractivity contribution < 1.29 is 27.8 Å². The zero-order valence-corrected chi connectivity index (χ0v) is 22.3. The van der Waals surface area contributed by atoms with Gasteiger partial charge in [-0.15, -0.1) is 0 Å². The van der Waals surface area contributed by atoms with Crippen molar-refractivity contribution in [2.24, 2.45) is 5.92 Å². The highest BCUT2D eigenvalue weighted by Gasteiger charge is 2.65. The minimum absolute atomic E-state index is 0.0956. The Morgan fingerprint density at radius 3 is 2.42 bits per heavy atom. The van der Waals surface area contributed by atoms with Gasteiger partial charge in [-0.05, 0) is 59.4 Å². The first-order valence-electron chi connectivity index (χ1n) is 12.9. The van der Waals surface area contributed by atoms with E-state index in [1.165, 1.54) is 35.9 Å². The molecule has 4 aromatic rings. The van der Waals surface area contributed by atoms with Gasteiger partial charge >= 0.3 is 6.18 Å². The van der Waals surface area contributed by atoms with Gasteiger partial charge in [-0.25, -0.2) is 4.98 Å². The van der Waals surface area contributed by atoms with Crippen LogP contribution in [0.25, 0.3) is 16.6 Å². The lowest BCUT2D eigenvalue weighted by atomic mass is 9.63. The summed E-state index contributed by atoms with van der Waals surface area (Å²) in [6.07, 6.45) is -3.83. The number of fused-ring (bicyclic) bond motifs is 2. The van der Waals surface area contributed by atoms with E-state index in [9.17, 15) is 32.6 Å². The van der Waals surface area contributed by atoms with Crippen LogP contribution in [0, 0.1) is 11.9 Å². The van der Waals surface area contributed by atoms with Crippen LogP contribution in [0.5, 0.6) is 5.75 Å². The number of phenolic OH excluding ortho intramolecular Hbond substituents is 1. The number of hydrogen-bond donors (Lipinski definition) is 3. The van der Waals surface area contributed by atoms with Crippen molar-refractivity contribution in [1.29, 1.82) is 0 Å². The van der Waals surface area contributed by atoms with Crippen LogP contribution in [0.1, 0.15) is 62.3 Å². The van der Waals surface area contributed by atoms with Gasteiger partial charge in [0.05, 0.1) is 23.4 Å². The monoisotopic (exact) mass is 555 g/mol. The maximum Gasteiger partial charge on any atom is 0.419 e. The first-order valence-corrected chi connectivity index (χ1v) is 12.9. The lowest BCUT2D eigenvalue weighted by Gasteiger charge is -2.49. The molecule has 10 heteroatoms. The van der Waals surface area contributed by atoms with Gasteiger partial charge < -0.3 is 15.5 Å². The molecule has 3 N–H and O–H groups in total. The number of benzene rings is 2. The third kappa shape index (κ3) is 4.21. The van der Waals surface area contributed by atoms with E-state index in [1.807, 2.05) is 13.8 Å². The predicted octanol–water partition coefficient (Wildman–Crippen LogP) is 6.55. The molecular weight excluding hydrogens is 526 g/mol. The minimum atomic E-state index is -5.02. The van der Waals surface area contributed by atoms with Crippen LogP contribution in [0.4, 0.5) is 23.2 Å². The van der Waals surface area contributed by atoms with Crippen LogP contribution in [-0.2, 0) is 0 Å². The number of aliphatic hydroxyl groups is 1. The summed E-state index contributed by atoms with van der Waals surface area (Å²) in [5, 5.41) is 25.8. The number of aromatic hydroxyl groups is 1. The average molecular weight is 556 g/mol. The molecule has 0 saturated carbocycles. The second kappa shape index (κ2) is 9.62. The number of alkyl halides is 3. The van der Waals surface area contributed by atoms with Gasteiger partial charge in [0.2, 0.25) is 5.95 Å². The van der Waals surface area contributed by atoms with E-state index >= 15 is 0 Å². The number of phenols is 1. The highest BCUT2D eigenvalue weighted by Crippen LogP contribution is 2.57. The number of nitrogens with zero attached hydrogens (tertiary/aromatic N) is 2. The Hall–Kier alpha value is -3.92. The van der Waals surface area contributed by atoms with Crippen molar-refractivity contribution in [3.63, 3.8) is 0 Å². The Bertz CT molecular complexity index is 1650. The standard InChI is InChI=1S/C30H29F4N3O3/c1-15(2)18-12-21-27(24(38)13-18)16(3)17(4)29(40,30(32,33)34)28(21)36-22-6-5-7-23-20(22)9-11-26(39)37(23)19-8-10-25(31)35-14-19/h5-17,28,36,38,40H,1-4H3. The Balaban J connectivity index is 1.75. The van der Waals surface area contributed by atoms with E-state index in [0.29, 0.717) is 22.0 Å². The minimum Gasteiger partial charge on any atom is -0.508 e. The highest BCUT2D eigenvalue weighted by molar-refractivity contribution is 5.92. The summed E-state index contributed by atoms with van der Waals surface area (Å²) in [7, 11) is 0. The summed E-state index contributed by atoms with van der Waals surface area (Å²) < 4.78 is 59.2. The SMILES string of the molecule is CC(C)c1cc(O)c2c(c1)C(Nc1cccc3c1ccc(=O)n3-c1ccc(F)nc1)C(O)(C(F)(F)F)C(C)C2C. The molecule has 0 bridgehead atoms. The van der Waals surface area contributed by atoms with Gasteiger partial charge in [0.25, 0.3) is 5.56 Å². The van der Waals surface area contributed by atoms with Crippen molar-refractivity contribution in [2.45, 2.75) is 57.3 Å². The van der Waals surface area contributed by atoms with Crippen LogP contribution >= 0.6 is 0 Å². The predicted molar refractivity (Wildman–Crippen MR) is 144 cm³/mol. The molecular formula is C30H29F4N3O3. The fourth-order valence-corrected chi connectivity index (χ4v) is 5.81. The number of pyridine rings is 2. The van der Waals surface area contributed by atoms with Crippen LogP contribution in [0.3, 0.4) is 0 Å². The Morgan fingerprint density at radius 1 is 1.07 bits per heavy atom. The summed E-state index contributed by atoms with van der Waals surface area (Å²) in [6, 6.07) is 11.5. The largest absolute Gasteiger partial charge is 0.508 e. The molecule has 1 aliphatic carbocycles. The topological polar surface area (TPSA) is 87.4 Å². The van der Waals surface area contributed by atoms with Gasteiger partial charge in [-0.2, -0.15) is 17.6 Å². The van der Waals surface area contributed by atoms with Crippen molar-refractivity contribution in [2.75, 3.05) is 5.32 Å². The molecule has 2 heterocycles. The number of halogens is 4. The normalized spacial score (nSPS) is 22.9. The molecule has 4 unspecified atom stereocenters. The first-order chi connectivity index (χ1) is 18.8. The number of hydrogen-bond acceptors (Lipinski definition) is 5. The van der Waals surface area contributed by atoms with E-state index in [4.69, 9.17) is 0 Å². The van der Waals surface area contributed by atoms with Crippen LogP contribution in [0.15, 0.2) is 65.6 Å². The van der Waals surface area contributed by atoms with E-state index in [1.54, 1.807) is 37.3 Å². The molecule has 0 fully saturated rings. The van der Waals surface area contributed by atoms with Gasteiger partial charge in [-0.1, -0.05) is 39.8 Å². The maximum atomic E-state index is 14.8. The second-order valence-electron chi connectivity index (χ2n) is 10.8. The Kier molecular flexibility index (Phi) is 6.65. The smallest absolute Gasteiger partial charge is 0.419 e. The molecule has 0 saturated heterocycles. The molecule has 2 aromatic heterocycles. The lowest BCUT2D eigenvalue weighted by molar-refractivity contribution is -0.289. The fraction of sp³-hybridized carbons (Fsp3) is 0.333. The van der Waals surface area contributed by atoms with E-state index in [-0.39, 0.29) is 28.6 Å². The van der Waals surface area contributed by atoms with Crippen LogP contribution < -0.4 is 10.9 Å². The molecule has 0 radical (unpaired) electrons. The third-order valence-corrected chi connectivity index (χ3v) is 8.19. The number of rotatable bonds is 4. The average Bonchev–Trinajstić information content (AvgIpc) is 2.89. The second-order valence-corrected chi connectivity index (χ2v) is 10.8. The third-order valence-electron chi connectivity index (χ3n) is 8.19. The lowest BCUT2D eigenvalue weighted by Crippen LogP contribution is -2.60. The molecule has 2 aromatic carbocycles. The van der Waals surface area contributed by atoms with E-state index in [2.05, 4.69) is 10.3 Å². The Labute approximate surface area is 227 Å². The molecule has 6 nitrogen and oxygen atoms in total. The molecule has 1 aliphatic rings. The quantitative estimate of drug-likeness (QED) is 0.196. The molecule has 5 rings (SSSR count). The molecule has 0 amide bonds. The van der Waals surface area contributed by atoms with Gasteiger partial charge in [0.1, 0.15) is 5.75 Å². The zero-order chi connectivity index (χ0) is 29.1. The molecule has 4 atom stereocenters. The molecule has 210 valence electrons.